The first-order valence-corrected chi connectivity index (χ1v) is 6.53. The number of nitrogens with zero attached hydrogens (tertiary/aromatic N) is 2. The van der Waals surface area contributed by atoms with Gasteiger partial charge in [-0.3, -0.25) is 0 Å². The van der Waals surface area contributed by atoms with Crippen LogP contribution in [0.4, 0.5) is 0 Å². The van der Waals surface area contributed by atoms with Crippen molar-refractivity contribution in [3.05, 3.63) is 24.0 Å². The number of rotatable bonds is 5. The topological polar surface area (TPSA) is 37.8 Å². The van der Waals surface area contributed by atoms with Gasteiger partial charge in [-0.15, -0.1) is 5.92 Å². The first-order chi connectivity index (χ1) is 8.53. The lowest BCUT2D eigenvalue weighted by molar-refractivity contribution is 0.535. The van der Waals surface area contributed by atoms with Crippen LogP contribution in [0.25, 0.3) is 0 Å². The van der Waals surface area contributed by atoms with Gasteiger partial charge in [-0.05, 0) is 45.4 Å². The van der Waals surface area contributed by atoms with E-state index >= 15 is 0 Å². The molecule has 1 heterocycles. The molecule has 0 amide bonds. The minimum Gasteiger partial charge on any atom is -0.309 e. The van der Waals surface area contributed by atoms with E-state index in [0.717, 1.165) is 24.9 Å². The molecule has 0 radical (unpaired) electrons. The zero-order chi connectivity index (χ0) is 13.4. The van der Waals surface area contributed by atoms with Crippen LogP contribution in [-0.4, -0.2) is 16.7 Å². The van der Waals surface area contributed by atoms with E-state index in [4.69, 9.17) is 0 Å². The van der Waals surface area contributed by atoms with Crippen LogP contribution in [0, 0.1) is 17.3 Å². The third-order valence-corrected chi connectivity index (χ3v) is 2.42. The smallest absolute Gasteiger partial charge is 0.0544 e. The second-order valence-electron chi connectivity index (χ2n) is 5.44. The maximum Gasteiger partial charge on any atom is 0.0544 e. The van der Waals surface area contributed by atoms with Gasteiger partial charge in [0.05, 0.1) is 6.20 Å². The minimum atomic E-state index is 0.0613. The first kappa shape index (κ1) is 14.7. The Kier molecular flexibility index (Phi) is 5.80. The Morgan fingerprint density at radius 2 is 2.11 bits per heavy atom. The monoisotopic (exact) mass is 245 g/mol. The fourth-order valence-corrected chi connectivity index (χ4v) is 1.55. The Morgan fingerprint density at radius 1 is 1.33 bits per heavy atom. The van der Waals surface area contributed by atoms with Gasteiger partial charge in [0.25, 0.3) is 0 Å². The summed E-state index contributed by atoms with van der Waals surface area (Å²) in [5, 5.41) is 11.2. The Hall–Kier alpha value is -1.40. The van der Waals surface area contributed by atoms with Gasteiger partial charge in [0.2, 0.25) is 0 Å². The average molecular weight is 245 g/mol. The third kappa shape index (κ3) is 5.79. The van der Waals surface area contributed by atoms with Crippen molar-refractivity contribution in [2.24, 2.45) is 5.41 Å². The summed E-state index contributed by atoms with van der Waals surface area (Å²) < 4.78 is 0. The molecule has 0 aliphatic rings. The molecule has 0 saturated heterocycles. The molecule has 1 rings (SSSR count). The third-order valence-electron chi connectivity index (χ3n) is 2.42. The SMILES string of the molecule is CCCNC(CC#CC(C)(C)C)c1ccnnc1. The van der Waals surface area contributed by atoms with Crippen molar-refractivity contribution in [3.8, 4) is 11.8 Å². The maximum atomic E-state index is 3.93. The van der Waals surface area contributed by atoms with Crippen molar-refractivity contribution in [1.82, 2.24) is 15.5 Å². The fraction of sp³-hybridized carbons (Fsp3) is 0.600. The fourth-order valence-electron chi connectivity index (χ4n) is 1.55. The van der Waals surface area contributed by atoms with Crippen molar-refractivity contribution >= 4 is 0 Å². The van der Waals surface area contributed by atoms with Gasteiger partial charge in [0.1, 0.15) is 0 Å². The van der Waals surface area contributed by atoms with E-state index in [1.165, 1.54) is 0 Å². The predicted octanol–water partition coefficient (Wildman–Crippen LogP) is 2.96. The molecule has 0 fully saturated rings. The van der Waals surface area contributed by atoms with Crippen molar-refractivity contribution in [3.63, 3.8) is 0 Å². The lowest BCUT2D eigenvalue weighted by Gasteiger charge is -2.16. The molecule has 0 aliphatic heterocycles. The normalized spacial score (nSPS) is 12.7. The molecule has 18 heavy (non-hydrogen) atoms. The summed E-state index contributed by atoms with van der Waals surface area (Å²) in [6.07, 6.45) is 5.46. The van der Waals surface area contributed by atoms with Crippen molar-refractivity contribution in [2.45, 2.75) is 46.6 Å². The van der Waals surface area contributed by atoms with Gasteiger partial charge in [-0.1, -0.05) is 12.8 Å². The van der Waals surface area contributed by atoms with Crippen LogP contribution in [-0.2, 0) is 0 Å². The Balaban J connectivity index is 2.70. The number of aromatic nitrogens is 2. The quantitative estimate of drug-likeness (QED) is 0.810. The first-order valence-electron chi connectivity index (χ1n) is 6.53. The molecule has 0 aliphatic carbocycles. The maximum absolute atomic E-state index is 3.93. The van der Waals surface area contributed by atoms with E-state index in [-0.39, 0.29) is 11.5 Å². The van der Waals surface area contributed by atoms with Gasteiger partial charge >= 0.3 is 0 Å². The van der Waals surface area contributed by atoms with Crippen LogP contribution < -0.4 is 5.32 Å². The molecule has 1 atom stereocenters. The predicted molar refractivity (Wildman–Crippen MR) is 74.9 cm³/mol. The van der Waals surface area contributed by atoms with Gasteiger partial charge in [-0.2, -0.15) is 10.2 Å². The number of nitrogens with one attached hydrogen (secondary N) is 1. The summed E-state index contributed by atoms with van der Waals surface area (Å²) in [7, 11) is 0. The highest BCUT2D eigenvalue weighted by Crippen LogP contribution is 2.16. The van der Waals surface area contributed by atoms with E-state index in [2.05, 4.69) is 55.0 Å². The molecule has 3 nitrogen and oxygen atoms in total. The van der Waals surface area contributed by atoms with Crippen LogP contribution in [0.2, 0.25) is 0 Å². The summed E-state index contributed by atoms with van der Waals surface area (Å²) in [5.74, 6) is 6.54. The highest BCUT2D eigenvalue weighted by molar-refractivity contribution is 5.16. The molecular formula is C15H23N3. The lowest BCUT2D eigenvalue weighted by atomic mass is 9.97. The van der Waals surface area contributed by atoms with Crippen LogP contribution in [0.3, 0.4) is 0 Å². The molecular weight excluding hydrogens is 222 g/mol. The minimum absolute atomic E-state index is 0.0613. The van der Waals surface area contributed by atoms with Crippen LogP contribution >= 0.6 is 0 Å². The van der Waals surface area contributed by atoms with Crippen LogP contribution in [0.15, 0.2) is 18.5 Å². The molecule has 1 N–H and O–H groups in total. The van der Waals surface area contributed by atoms with E-state index in [9.17, 15) is 0 Å². The molecule has 1 aromatic heterocycles. The summed E-state index contributed by atoms with van der Waals surface area (Å²) in [6, 6.07) is 2.24. The summed E-state index contributed by atoms with van der Waals surface area (Å²) in [4.78, 5) is 0. The highest BCUT2D eigenvalue weighted by Gasteiger charge is 2.10. The zero-order valence-electron chi connectivity index (χ0n) is 11.8. The van der Waals surface area contributed by atoms with E-state index in [0.29, 0.717) is 0 Å². The second-order valence-corrected chi connectivity index (χ2v) is 5.44. The Labute approximate surface area is 110 Å². The standard InChI is InChI=1S/C15H23N3/c1-5-10-16-14(7-6-9-15(2,3)4)13-8-11-17-18-12-13/h8,11-12,14,16H,5,7,10H2,1-4H3. The summed E-state index contributed by atoms with van der Waals surface area (Å²) in [5.41, 5.74) is 1.22. The molecule has 0 saturated carbocycles. The Bertz CT molecular complexity index is 395. The van der Waals surface area contributed by atoms with Crippen molar-refractivity contribution in [1.29, 1.82) is 0 Å². The van der Waals surface area contributed by atoms with E-state index in [1.807, 2.05) is 12.3 Å². The molecule has 3 heteroatoms. The molecule has 0 spiro atoms. The van der Waals surface area contributed by atoms with E-state index in [1.54, 1.807) is 6.20 Å². The van der Waals surface area contributed by atoms with Crippen molar-refractivity contribution in [2.75, 3.05) is 6.54 Å². The average Bonchev–Trinajstić information content (AvgIpc) is 2.33. The summed E-state index contributed by atoms with van der Waals surface area (Å²) in [6.45, 7) is 9.54. The molecule has 98 valence electrons. The number of hydrogen-bond donors (Lipinski definition) is 1. The zero-order valence-corrected chi connectivity index (χ0v) is 11.8. The Morgan fingerprint density at radius 3 is 2.67 bits per heavy atom. The molecule has 1 unspecified atom stereocenters. The van der Waals surface area contributed by atoms with Gasteiger partial charge in [0, 0.05) is 24.1 Å². The molecule has 1 aromatic rings. The van der Waals surface area contributed by atoms with Gasteiger partial charge < -0.3 is 5.32 Å². The van der Waals surface area contributed by atoms with Gasteiger partial charge in [-0.25, -0.2) is 0 Å². The number of hydrogen-bond acceptors (Lipinski definition) is 3. The molecule has 0 bridgehead atoms. The largest absolute Gasteiger partial charge is 0.309 e. The molecule has 0 aromatic carbocycles. The van der Waals surface area contributed by atoms with Crippen LogP contribution in [0.1, 0.15) is 52.1 Å². The second kappa shape index (κ2) is 7.13. The highest BCUT2D eigenvalue weighted by atomic mass is 15.1. The van der Waals surface area contributed by atoms with Crippen LogP contribution in [0.5, 0.6) is 0 Å². The van der Waals surface area contributed by atoms with E-state index < -0.39 is 0 Å². The van der Waals surface area contributed by atoms with Gasteiger partial charge in [0.15, 0.2) is 0 Å². The van der Waals surface area contributed by atoms with Crippen molar-refractivity contribution < 1.29 is 0 Å². The lowest BCUT2D eigenvalue weighted by Crippen LogP contribution is -2.22. The summed E-state index contributed by atoms with van der Waals surface area (Å²) >= 11 is 0.